The Hall–Kier alpha value is 0.0649. The van der Waals surface area contributed by atoms with E-state index in [9.17, 15) is 0 Å². The van der Waals surface area contributed by atoms with Crippen LogP contribution in [0.5, 0.6) is 0 Å². The van der Waals surface area contributed by atoms with Crippen molar-refractivity contribution in [3.8, 4) is 0 Å². The molecule has 0 aromatic carbocycles. The Morgan fingerprint density at radius 1 is 1.00 bits per heavy atom. The zero-order chi connectivity index (χ0) is 3.58. The van der Waals surface area contributed by atoms with Crippen molar-refractivity contribution < 1.29 is 0 Å². The van der Waals surface area contributed by atoms with Crippen LogP contribution in [0.2, 0.25) is 0 Å². The lowest BCUT2D eigenvalue weighted by Gasteiger charge is -1.79. The minimum absolute atomic E-state index is 0. The molecule has 0 rings (SSSR count). The maximum Gasteiger partial charge on any atom is 0 e. The number of rotatable bonds is 0. The minimum Gasteiger partial charge on any atom is -0.0630 e. The first-order valence-corrected chi connectivity index (χ1v) is 1.73. The van der Waals surface area contributed by atoms with Gasteiger partial charge in [-0.15, -0.1) is 0 Å². The fraction of sp³-hybridized carbons (Fsp3) is 1.00. The Labute approximate surface area is 36.2 Å². The largest absolute Gasteiger partial charge is 0.0630 e. The molecule has 3 radical (unpaired) electrons. The van der Waals surface area contributed by atoms with E-state index in [1.165, 1.54) is 0 Å². The molecular formula is C4H10B. The van der Waals surface area contributed by atoms with Crippen molar-refractivity contribution in [1.29, 1.82) is 0 Å². The maximum atomic E-state index is 2.17. The second-order valence-corrected chi connectivity index (χ2v) is 1.73. The molecule has 0 aromatic heterocycles. The third-order valence-corrected chi connectivity index (χ3v) is 0. The van der Waals surface area contributed by atoms with E-state index >= 15 is 0 Å². The van der Waals surface area contributed by atoms with Gasteiger partial charge in [-0.2, -0.15) is 0 Å². The first kappa shape index (κ1) is 8.91. The van der Waals surface area contributed by atoms with Crippen LogP contribution in [0.4, 0.5) is 0 Å². The van der Waals surface area contributed by atoms with E-state index in [-0.39, 0.29) is 8.41 Å². The molecule has 0 saturated carbocycles. The smallest absolute Gasteiger partial charge is 0 e. The standard InChI is InChI=1S/C4H10.B/c1-4(2)3;/h4H,1-3H3;. The Bertz CT molecular complexity index is 8.36. The first-order valence-electron chi connectivity index (χ1n) is 1.73. The summed E-state index contributed by atoms with van der Waals surface area (Å²) in [5.41, 5.74) is 0. The lowest BCUT2D eigenvalue weighted by atomic mass is 10.3. The SMILES string of the molecule is CC(C)C.[B]. The van der Waals surface area contributed by atoms with E-state index in [1.807, 2.05) is 0 Å². The van der Waals surface area contributed by atoms with E-state index in [0.717, 1.165) is 5.92 Å². The summed E-state index contributed by atoms with van der Waals surface area (Å²) in [4.78, 5) is 0. The van der Waals surface area contributed by atoms with Crippen LogP contribution < -0.4 is 0 Å². The molecule has 0 aromatic rings. The van der Waals surface area contributed by atoms with Gasteiger partial charge in [-0.1, -0.05) is 20.8 Å². The molecule has 0 amide bonds. The van der Waals surface area contributed by atoms with Crippen molar-refractivity contribution >= 4 is 8.41 Å². The fourth-order valence-electron chi connectivity index (χ4n) is 0. The maximum absolute atomic E-state index is 2.17. The van der Waals surface area contributed by atoms with Crippen LogP contribution in [0.15, 0.2) is 0 Å². The molecule has 0 heterocycles. The van der Waals surface area contributed by atoms with Crippen LogP contribution in [0.25, 0.3) is 0 Å². The molecule has 0 nitrogen and oxygen atoms in total. The molecule has 0 aliphatic heterocycles. The van der Waals surface area contributed by atoms with Gasteiger partial charge in [0.15, 0.2) is 0 Å². The lowest BCUT2D eigenvalue weighted by molar-refractivity contribution is 0.737. The van der Waals surface area contributed by atoms with Crippen molar-refractivity contribution in [3.05, 3.63) is 0 Å². The topological polar surface area (TPSA) is 0 Å². The molecule has 0 atom stereocenters. The number of hydrogen-bond donors (Lipinski definition) is 0. The molecule has 0 fully saturated rings. The van der Waals surface area contributed by atoms with E-state index in [0.29, 0.717) is 0 Å². The normalized spacial score (nSPS) is 7.20. The highest BCUT2D eigenvalue weighted by molar-refractivity contribution is 5.75. The molecule has 0 N–H and O–H groups in total. The van der Waals surface area contributed by atoms with Gasteiger partial charge in [0.1, 0.15) is 0 Å². The third kappa shape index (κ3) is 4110. The highest BCUT2D eigenvalue weighted by atomic mass is 13.7. The minimum atomic E-state index is 0. The predicted octanol–water partition coefficient (Wildman–Crippen LogP) is 1.28. The van der Waals surface area contributed by atoms with Crippen LogP contribution in [0.1, 0.15) is 20.8 Å². The molecule has 5 heavy (non-hydrogen) atoms. The Kier molecular flexibility index (Phi) is 7.24. The zero-order valence-electron chi connectivity index (χ0n) is 4.15. The van der Waals surface area contributed by atoms with Gasteiger partial charge in [0.2, 0.25) is 0 Å². The second kappa shape index (κ2) is 4.06. The van der Waals surface area contributed by atoms with Gasteiger partial charge >= 0.3 is 0 Å². The monoisotopic (exact) mass is 69.1 g/mol. The molecule has 0 spiro atoms. The van der Waals surface area contributed by atoms with Gasteiger partial charge in [0, 0.05) is 8.41 Å². The van der Waals surface area contributed by atoms with Gasteiger partial charge in [-0.25, -0.2) is 0 Å². The molecular weight excluding hydrogens is 58.9 g/mol. The van der Waals surface area contributed by atoms with E-state index in [1.54, 1.807) is 0 Å². The van der Waals surface area contributed by atoms with Crippen LogP contribution >= 0.6 is 0 Å². The van der Waals surface area contributed by atoms with Crippen LogP contribution in [0, 0.1) is 5.92 Å². The van der Waals surface area contributed by atoms with Crippen LogP contribution in [0.3, 0.4) is 0 Å². The van der Waals surface area contributed by atoms with Gasteiger partial charge < -0.3 is 0 Å². The summed E-state index contributed by atoms with van der Waals surface area (Å²) in [6.45, 7) is 6.50. The molecule has 0 aliphatic carbocycles. The van der Waals surface area contributed by atoms with Crippen molar-refractivity contribution in [2.45, 2.75) is 20.8 Å². The van der Waals surface area contributed by atoms with Crippen LogP contribution in [-0.2, 0) is 0 Å². The predicted molar refractivity (Wildman–Crippen MR) is 26.3 cm³/mol. The summed E-state index contributed by atoms with van der Waals surface area (Å²) in [5, 5.41) is 0. The van der Waals surface area contributed by atoms with Gasteiger partial charge in [0.25, 0.3) is 0 Å². The van der Waals surface area contributed by atoms with E-state index in [4.69, 9.17) is 0 Å². The van der Waals surface area contributed by atoms with Crippen molar-refractivity contribution in [2.24, 2.45) is 5.92 Å². The molecule has 0 saturated heterocycles. The summed E-state index contributed by atoms with van der Waals surface area (Å²) >= 11 is 0. The molecule has 0 bridgehead atoms. The number of hydrogen-bond acceptors (Lipinski definition) is 0. The molecule has 1 heteroatoms. The summed E-state index contributed by atoms with van der Waals surface area (Å²) < 4.78 is 0. The van der Waals surface area contributed by atoms with Gasteiger partial charge in [-0.3, -0.25) is 0 Å². The Morgan fingerprint density at radius 2 is 1.00 bits per heavy atom. The lowest BCUT2D eigenvalue weighted by Crippen LogP contribution is -1.66. The van der Waals surface area contributed by atoms with Gasteiger partial charge in [-0.05, 0) is 5.92 Å². The first-order chi connectivity index (χ1) is 1.73. The van der Waals surface area contributed by atoms with Crippen molar-refractivity contribution in [1.82, 2.24) is 0 Å². The third-order valence-electron chi connectivity index (χ3n) is 0. The molecule has 29 valence electrons. The van der Waals surface area contributed by atoms with Gasteiger partial charge in [0.05, 0.1) is 0 Å². The van der Waals surface area contributed by atoms with Crippen molar-refractivity contribution in [3.63, 3.8) is 0 Å². The highest BCUT2D eigenvalue weighted by Gasteiger charge is 1.68. The Balaban J connectivity index is 0. The summed E-state index contributed by atoms with van der Waals surface area (Å²) in [6.07, 6.45) is 0. The average molecular weight is 68.9 g/mol. The summed E-state index contributed by atoms with van der Waals surface area (Å²) in [6, 6.07) is 0. The summed E-state index contributed by atoms with van der Waals surface area (Å²) in [5.74, 6) is 0.833. The molecule has 0 aliphatic rings. The van der Waals surface area contributed by atoms with E-state index in [2.05, 4.69) is 20.8 Å². The Morgan fingerprint density at radius 3 is 1.00 bits per heavy atom. The molecule has 0 unspecified atom stereocenters. The van der Waals surface area contributed by atoms with Crippen LogP contribution in [-0.4, -0.2) is 8.41 Å². The quantitative estimate of drug-likeness (QED) is 0.376. The summed E-state index contributed by atoms with van der Waals surface area (Å²) in [7, 11) is 0. The van der Waals surface area contributed by atoms with Crippen molar-refractivity contribution in [2.75, 3.05) is 0 Å². The van der Waals surface area contributed by atoms with E-state index < -0.39 is 0 Å². The second-order valence-electron chi connectivity index (χ2n) is 1.73. The fourth-order valence-corrected chi connectivity index (χ4v) is 0. The average Bonchev–Trinajstić information content (AvgIpc) is 0.811. The zero-order valence-corrected chi connectivity index (χ0v) is 4.15. The highest BCUT2D eigenvalue weighted by Crippen LogP contribution is 1.81.